The molecule has 0 spiro atoms. The minimum atomic E-state index is -0.466. The van der Waals surface area contributed by atoms with Crippen LogP contribution in [0.2, 0.25) is 0 Å². The Bertz CT molecular complexity index is 537. The Morgan fingerprint density at radius 1 is 0.950 bits per heavy atom. The van der Waals surface area contributed by atoms with Gasteiger partial charge in [0.25, 0.3) is 0 Å². The molecule has 0 aliphatic carbocycles. The molecule has 0 amide bonds. The van der Waals surface area contributed by atoms with Crippen LogP contribution < -0.4 is 9.47 Å². The minimum Gasteiger partial charge on any atom is -0.493 e. The van der Waals surface area contributed by atoms with Gasteiger partial charge in [0.2, 0.25) is 0 Å². The van der Waals surface area contributed by atoms with Crippen molar-refractivity contribution in [2.45, 2.75) is 18.9 Å². The van der Waals surface area contributed by atoms with E-state index in [0.717, 1.165) is 29.0 Å². The molecule has 20 heavy (non-hydrogen) atoms. The van der Waals surface area contributed by atoms with Gasteiger partial charge in [-0.25, -0.2) is 0 Å². The molecule has 1 atom stereocenters. The fourth-order valence-corrected chi connectivity index (χ4v) is 2.28. The van der Waals surface area contributed by atoms with Crippen molar-refractivity contribution in [2.24, 2.45) is 0 Å². The Labute approximate surface area is 119 Å². The van der Waals surface area contributed by atoms with Gasteiger partial charge < -0.3 is 14.6 Å². The van der Waals surface area contributed by atoms with Gasteiger partial charge in [0.05, 0.1) is 20.3 Å². The van der Waals surface area contributed by atoms with Crippen LogP contribution in [0.15, 0.2) is 48.5 Å². The number of rotatable bonds is 6. The number of benzene rings is 2. The van der Waals surface area contributed by atoms with E-state index in [9.17, 15) is 5.11 Å². The largest absolute Gasteiger partial charge is 0.493 e. The van der Waals surface area contributed by atoms with Gasteiger partial charge in [-0.1, -0.05) is 42.5 Å². The van der Waals surface area contributed by atoms with Crippen LogP contribution in [0, 0.1) is 0 Å². The standard InChI is InChI=1S/C17H20O3/c1-19-16-10-6-9-14(17(16)20-2)11-12-15(18)13-7-4-3-5-8-13/h3-10,15,18H,11-12H2,1-2H3. The lowest BCUT2D eigenvalue weighted by molar-refractivity contribution is 0.167. The van der Waals surface area contributed by atoms with Crippen LogP contribution in [0.3, 0.4) is 0 Å². The Balaban J connectivity index is 2.07. The molecule has 3 nitrogen and oxygen atoms in total. The minimum absolute atomic E-state index is 0.466. The second-order valence-corrected chi connectivity index (χ2v) is 4.62. The first-order valence-electron chi connectivity index (χ1n) is 6.69. The molecule has 0 aliphatic heterocycles. The van der Waals surface area contributed by atoms with Crippen molar-refractivity contribution < 1.29 is 14.6 Å². The smallest absolute Gasteiger partial charge is 0.163 e. The molecular weight excluding hydrogens is 252 g/mol. The summed E-state index contributed by atoms with van der Waals surface area (Å²) >= 11 is 0. The molecule has 0 fully saturated rings. The lowest BCUT2D eigenvalue weighted by Gasteiger charge is -2.14. The van der Waals surface area contributed by atoms with E-state index in [-0.39, 0.29) is 0 Å². The number of methoxy groups -OCH3 is 2. The molecular formula is C17H20O3. The number of aliphatic hydroxyl groups excluding tert-OH is 1. The monoisotopic (exact) mass is 272 g/mol. The average Bonchev–Trinajstić information content (AvgIpc) is 2.52. The summed E-state index contributed by atoms with van der Waals surface area (Å²) in [5.41, 5.74) is 1.98. The highest BCUT2D eigenvalue weighted by Gasteiger charge is 2.12. The van der Waals surface area contributed by atoms with Gasteiger partial charge >= 0.3 is 0 Å². The summed E-state index contributed by atoms with van der Waals surface area (Å²) in [6, 6.07) is 15.5. The summed E-state index contributed by atoms with van der Waals surface area (Å²) in [5, 5.41) is 10.2. The van der Waals surface area contributed by atoms with Crippen LogP contribution in [0.4, 0.5) is 0 Å². The zero-order chi connectivity index (χ0) is 14.4. The molecule has 106 valence electrons. The van der Waals surface area contributed by atoms with Crippen molar-refractivity contribution in [1.82, 2.24) is 0 Å². The van der Waals surface area contributed by atoms with E-state index in [1.165, 1.54) is 0 Å². The number of para-hydroxylation sites is 1. The van der Waals surface area contributed by atoms with E-state index in [2.05, 4.69) is 0 Å². The third-order valence-electron chi connectivity index (χ3n) is 3.36. The van der Waals surface area contributed by atoms with E-state index in [1.54, 1.807) is 14.2 Å². The van der Waals surface area contributed by atoms with Gasteiger partial charge in [0.1, 0.15) is 0 Å². The van der Waals surface area contributed by atoms with Crippen molar-refractivity contribution in [3.05, 3.63) is 59.7 Å². The molecule has 0 bridgehead atoms. The topological polar surface area (TPSA) is 38.7 Å². The van der Waals surface area contributed by atoms with Crippen molar-refractivity contribution in [3.63, 3.8) is 0 Å². The molecule has 2 rings (SSSR count). The first kappa shape index (κ1) is 14.4. The van der Waals surface area contributed by atoms with Crippen molar-refractivity contribution >= 4 is 0 Å². The quantitative estimate of drug-likeness (QED) is 0.876. The zero-order valence-corrected chi connectivity index (χ0v) is 11.9. The fourth-order valence-electron chi connectivity index (χ4n) is 2.28. The van der Waals surface area contributed by atoms with Gasteiger partial charge in [-0.05, 0) is 30.0 Å². The normalized spacial score (nSPS) is 11.9. The molecule has 0 radical (unpaired) electrons. The Morgan fingerprint density at radius 2 is 1.70 bits per heavy atom. The van der Waals surface area contributed by atoms with Crippen LogP contribution in [0.5, 0.6) is 11.5 Å². The molecule has 0 aliphatic rings. The molecule has 0 saturated carbocycles. The molecule has 2 aromatic rings. The predicted octanol–water partition coefficient (Wildman–Crippen LogP) is 3.37. The highest BCUT2D eigenvalue weighted by molar-refractivity contribution is 5.46. The molecule has 0 aromatic heterocycles. The average molecular weight is 272 g/mol. The Hall–Kier alpha value is -2.00. The van der Waals surface area contributed by atoms with E-state index in [0.29, 0.717) is 6.42 Å². The van der Waals surface area contributed by atoms with E-state index in [4.69, 9.17) is 9.47 Å². The number of ether oxygens (including phenoxy) is 2. The molecule has 0 heterocycles. The van der Waals surface area contributed by atoms with E-state index in [1.807, 2.05) is 48.5 Å². The van der Waals surface area contributed by atoms with Crippen LogP contribution in [-0.2, 0) is 6.42 Å². The Kier molecular flexibility index (Phi) is 5.02. The third kappa shape index (κ3) is 3.31. The van der Waals surface area contributed by atoms with Crippen LogP contribution in [0.25, 0.3) is 0 Å². The molecule has 1 N–H and O–H groups in total. The van der Waals surface area contributed by atoms with Crippen LogP contribution >= 0.6 is 0 Å². The maximum atomic E-state index is 10.2. The number of hydrogen-bond acceptors (Lipinski definition) is 3. The van der Waals surface area contributed by atoms with Crippen LogP contribution in [-0.4, -0.2) is 19.3 Å². The van der Waals surface area contributed by atoms with Crippen molar-refractivity contribution in [2.75, 3.05) is 14.2 Å². The third-order valence-corrected chi connectivity index (χ3v) is 3.36. The van der Waals surface area contributed by atoms with Gasteiger partial charge in [-0.15, -0.1) is 0 Å². The number of hydrogen-bond donors (Lipinski definition) is 1. The number of aliphatic hydroxyl groups is 1. The fraction of sp³-hybridized carbons (Fsp3) is 0.294. The summed E-state index contributed by atoms with van der Waals surface area (Å²) in [5.74, 6) is 1.47. The summed E-state index contributed by atoms with van der Waals surface area (Å²) in [6.07, 6.45) is 0.913. The summed E-state index contributed by atoms with van der Waals surface area (Å²) < 4.78 is 10.7. The zero-order valence-electron chi connectivity index (χ0n) is 11.9. The van der Waals surface area contributed by atoms with Gasteiger partial charge in [0.15, 0.2) is 11.5 Å². The summed E-state index contributed by atoms with van der Waals surface area (Å²) in [6.45, 7) is 0. The number of aryl methyl sites for hydroxylation is 1. The lowest BCUT2D eigenvalue weighted by Crippen LogP contribution is -2.01. The van der Waals surface area contributed by atoms with Gasteiger partial charge in [0, 0.05) is 0 Å². The second kappa shape index (κ2) is 6.96. The second-order valence-electron chi connectivity index (χ2n) is 4.62. The van der Waals surface area contributed by atoms with Gasteiger partial charge in [-0.3, -0.25) is 0 Å². The maximum absolute atomic E-state index is 10.2. The first-order valence-corrected chi connectivity index (χ1v) is 6.69. The first-order chi connectivity index (χ1) is 9.76. The van der Waals surface area contributed by atoms with Crippen LogP contribution in [0.1, 0.15) is 23.7 Å². The van der Waals surface area contributed by atoms with Gasteiger partial charge in [-0.2, -0.15) is 0 Å². The highest BCUT2D eigenvalue weighted by atomic mass is 16.5. The van der Waals surface area contributed by atoms with E-state index >= 15 is 0 Å². The van der Waals surface area contributed by atoms with Crippen molar-refractivity contribution in [1.29, 1.82) is 0 Å². The molecule has 3 heteroatoms. The van der Waals surface area contributed by atoms with E-state index < -0.39 is 6.10 Å². The highest BCUT2D eigenvalue weighted by Crippen LogP contribution is 2.32. The maximum Gasteiger partial charge on any atom is 0.163 e. The lowest BCUT2D eigenvalue weighted by atomic mass is 10.0. The predicted molar refractivity (Wildman–Crippen MR) is 79.3 cm³/mol. The van der Waals surface area contributed by atoms with Crippen molar-refractivity contribution in [3.8, 4) is 11.5 Å². The SMILES string of the molecule is COc1cccc(CCC(O)c2ccccc2)c1OC. The molecule has 2 aromatic carbocycles. The summed E-state index contributed by atoms with van der Waals surface area (Å²) in [4.78, 5) is 0. The molecule has 1 unspecified atom stereocenters. The summed E-state index contributed by atoms with van der Waals surface area (Å²) in [7, 11) is 3.26. The Morgan fingerprint density at radius 3 is 2.35 bits per heavy atom. The molecule has 0 saturated heterocycles.